The van der Waals surface area contributed by atoms with E-state index in [4.69, 9.17) is 33.5 Å². The van der Waals surface area contributed by atoms with Crippen molar-refractivity contribution in [2.45, 2.75) is 32.6 Å². The third-order valence-corrected chi connectivity index (χ3v) is 3.20. The average Bonchev–Trinajstić information content (AvgIpc) is 2.64. The van der Waals surface area contributed by atoms with E-state index in [0.29, 0.717) is 78.9 Å². The first-order valence-corrected chi connectivity index (χ1v) is 9.43. The fourth-order valence-corrected chi connectivity index (χ4v) is 1.86. The fourth-order valence-electron chi connectivity index (χ4n) is 1.86. The van der Waals surface area contributed by atoms with Gasteiger partial charge >= 0.3 is 11.9 Å². The first kappa shape index (κ1) is 25.7. The summed E-state index contributed by atoms with van der Waals surface area (Å²) in [5.74, 6) is -1.19. The molecule has 0 aromatic rings. The number of unbranched alkanes of at least 4 members (excludes halogenated alkanes) is 1. The van der Waals surface area contributed by atoms with Crippen LogP contribution in [-0.2, 0) is 38.0 Å². The number of hydrogen-bond acceptors (Lipinski definition) is 8. The Kier molecular flexibility index (Phi) is 20.1. The molecule has 0 heterocycles. The van der Waals surface area contributed by atoms with E-state index < -0.39 is 5.97 Å². The fraction of sp³-hybridized carbons (Fsp3) is 0.889. The summed E-state index contributed by atoms with van der Waals surface area (Å²) in [6, 6.07) is 0. The van der Waals surface area contributed by atoms with E-state index in [-0.39, 0.29) is 25.4 Å². The summed E-state index contributed by atoms with van der Waals surface area (Å²) in [6.45, 7) is 7.19. The molecule has 0 aliphatic heterocycles. The van der Waals surface area contributed by atoms with Crippen LogP contribution in [0.2, 0.25) is 0 Å². The Morgan fingerprint density at radius 1 is 0.630 bits per heavy atom. The molecule has 0 spiro atoms. The highest BCUT2D eigenvalue weighted by molar-refractivity contribution is 5.69. The zero-order chi connectivity index (χ0) is 20.0. The predicted molar refractivity (Wildman–Crippen MR) is 96.8 cm³/mol. The molecule has 0 amide bonds. The highest BCUT2D eigenvalue weighted by Gasteiger charge is 2.04. The van der Waals surface area contributed by atoms with Crippen molar-refractivity contribution in [3.05, 3.63) is 0 Å². The molecule has 0 bridgehead atoms. The van der Waals surface area contributed by atoms with Crippen molar-refractivity contribution in [3.63, 3.8) is 0 Å². The molecule has 0 saturated carbocycles. The molecule has 0 aliphatic rings. The number of aliphatic carboxylic acids is 1. The first-order valence-electron chi connectivity index (χ1n) is 9.43. The van der Waals surface area contributed by atoms with Gasteiger partial charge in [-0.2, -0.15) is 0 Å². The summed E-state index contributed by atoms with van der Waals surface area (Å²) in [5, 5.41) is 8.48. The van der Waals surface area contributed by atoms with Gasteiger partial charge in [0.25, 0.3) is 0 Å². The molecule has 0 radical (unpaired) electrons. The maximum atomic E-state index is 11.4. The third-order valence-electron chi connectivity index (χ3n) is 3.20. The SMILES string of the molecule is CCOCCOCCOCCOCCOCCOC(=O)CCCCC(=O)O. The Labute approximate surface area is 161 Å². The summed E-state index contributed by atoms with van der Waals surface area (Å²) in [5.41, 5.74) is 0. The standard InChI is InChI=1S/C18H34O9/c1-2-22-7-8-23-9-10-24-11-12-25-13-14-26-15-16-27-18(21)6-4-3-5-17(19)20/h2-16H2,1H3,(H,19,20). The van der Waals surface area contributed by atoms with Gasteiger partial charge in [-0.3, -0.25) is 9.59 Å². The number of carbonyl (C=O) groups excluding carboxylic acids is 1. The second kappa shape index (κ2) is 21.0. The molecule has 9 nitrogen and oxygen atoms in total. The molecule has 160 valence electrons. The van der Waals surface area contributed by atoms with E-state index >= 15 is 0 Å². The first-order chi connectivity index (χ1) is 13.2. The monoisotopic (exact) mass is 394 g/mol. The van der Waals surface area contributed by atoms with E-state index in [1.807, 2.05) is 6.92 Å². The Morgan fingerprint density at radius 3 is 1.48 bits per heavy atom. The van der Waals surface area contributed by atoms with Gasteiger partial charge in [0.15, 0.2) is 0 Å². The summed E-state index contributed by atoms with van der Waals surface area (Å²) < 4.78 is 31.4. The van der Waals surface area contributed by atoms with Crippen LogP contribution in [0.25, 0.3) is 0 Å². The Balaban J connectivity index is 3.12. The van der Waals surface area contributed by atoms with Gasteiger partial charge in [-0.25, -0.2) is 0 Å². The van der Waals surface area contributed by atoms with Crippen molar-refractivity contribution < 1.29 is 43.1 Å². The molecule has 0 aromatic carbocycles. The lowest BCUT2D eigenvalue weighted by molar-refractivity contribution is -0.146. The van der Waals surface area contributed by atoms with E-state index in [2.05, 4.69) is 0 Å². The van der Waals surface area contributed by atoms with E-state index in [9.17, 15) is 9.59 Å². The van der Waals surface area contributed by atoms with Gasteiger partial charge in [-0.1, -0.05) is 0 Å². The Bertz CT molecular complexity index is 350. The van der Waals surface area contributed by atoms with E-state index in [1.165, 1.54) is 0 Å². The Morgan fingerprint density at radius 2 is 1.04 bits per heavy atom. The number of esters is 1. The average molecular weight is 394 g/mol. The molecule has 9 heteroatoms. The molecule has 0 unspecified atom stereocenters. The van der Waals surface area contributed by atoms with Crippen LogP contribution in [0.3, 0.4) is 0 Å². The molecule has 1 N–H and O–H groups in total. The zero-order valence-electron chi connectivity index (χ0n) is 16.3. The van der Waals surface area contributed by atoms with E-state index in [0.717, 1.165) is 0 Å². The van der Waals surface area contributed by atoms with Gasteiger partial charge in [-0.15, -0.1) is 0 Å². The summed E-state index contributed by atoms with van der Waals surface area (Å²) >= 11 is 0. The molecule has 0 rings (SSSR count). The van der Waals surface area contributed by atoms with Crippen LogP contribution in [0, 0.1) is 0 Å². The van der Waals surface area contributed by atoms with Crippen molar-refractivity contribution >= 4 is 11.9 Å². The van der Waals surface area contributed by atoms with Crippen molar-refractivity contribution in [1.29, 1.82) is 0 Å². The molecular formula is C18H34O9. The minimum atomic E-state index is -0.854. The summed E-state index contributed by atoms with van der Waals surface area (Å²) in [7, 11) is 0. The minimum Gasteiger partial charge on any atom is -0.481 e. The minimum absolute atomic E-state index is 0.0731. The van der Waals surface area contributed by atoms with Crippen LogP contribution in [0.1, 0.15) is 32.6 Å². The zero-order valence-corrected chi connectivity index (χ0v) is 16.3. The molecule has 0 atom stereocenters. The maximum Gasteiger partial charge on any atom is 0.305 e. The van der Waals surface area contributed by atoms with Gasteiger partial charge in [0.2, 0.25) is 0 Å². The topological polar surface area (TPSA) is 110 Å². The number of carboxylic acids is 1. The van der Waals surface area contributed by atoms with Crippen LogP contribution in [0.15, 0.2) is 0 Å². The van der Waals surface area contributed by atoms with Gasteiger partial charge in [0.05, 0.1) is 59.5 Å². The lowest BCUT2D eigenvalue weighted by atomic mass is 10.2. The maximum absolute atomic E-state index is 11.4. The van der Waals surface area contributed by atoms with Crippen molar-refractivity contribution in [1.82, 2.24) is 0 Å². The normalized spacial score (nSPS) is 10.9. The lowest BCUT2D eigenvalue weighted by Gasteiger charge is -2.08. The molecule has 27 heavy (non-hydrogen) atoms. The second-order valence-electron chi connectivity index (χ2n) is 5.47. The van der Waals surface area contributed by atoms with Gasteiger partial charge < -0.3 is 33.5 Å². The lowest BCUT2D eigenvalue weighted by Crippen LogP contribution is -2.15. The summed E-state index contributed by atoms with van der Waals surface area (Å²) in [6.07, 6.45) is 1.29. The van der Waals surface area contributed by atoms with Gasteiger partial charge in [0.1, 0.15) is 6.61 Å². The molecule has 0 fully saturated rings. The molecule has 0 saturated heterocycles. The van der Waals surface area contributed by atoms with Crippen LogP contribution in [0.5, 0.6) is 0 Å². The molecular weight excluding hydrogens is 360 g/mol. The number of rotatable bonds is 21. The van der Waals surface area contributed by atoms with Crippen LogP contribution in [-0.4, -0.2) is 89.7 Å². The molecule has 0 aliphatic carbocycles. The highest BCUT2D eigenvalue weighted by Crippen LogP contribution is 2.01. The number of ether oxygens (including phenoxy) is 6. The van der Waals surface area contributed by atoms with Gasteiger partial charge in [0, 0.05) is 19.4 Å². The summed E-state index contributed by atoms with van der Waals surface area (Å²) in [4.78, 5) is 21.7. The highest BCUT2D eigenvalue weighted by atomic mass is 16.6. The van der Waals surface area contributed by atoms with Crippen molar-refractivity contribution in [3.8, 4) is 0 Å². The third kappa shape index (κ3) is 22.7. The smallest absolute Gasteiger partial charge is 0.305 e. The largest absolute Gasteiger partial charge is 0.481 e. The predicted octanol–water partition coefficient (Wildman–Crippen LogP) is 1.28. The van der Waals surface area contributed by atoms with E-state index in [1.54, 1.807) is 0 Å². The van der Waals surface area contributed by atoms with Crippen LogP contribution in [0.4, 0.5) is 0 Å². The second-order valence-corrected chi connectivity index (χ2v) is 5.47. The number of carboxylic acid groups (broad SMARTS) is 1. The van der Waals surface area contributed by atoms with Crippen LogP contribution >= 0.6 is 0 Å². The van der Waals surface area contributed by atoms with Crippen molar-refractivity contribution in [2.75, 3.05) is 72.7 Å². The quantitative estimate of drug-likeness (QED) is 0.227. The Hall–Kier alpha value is -1.26. The van der Waals surface area contributed by atoms with Crippen molar-refractivity contribution in [2.24, 2.45) is 0 Å². The van der Waals surface area contributed by atoms with Crippen LogP contribution < -0.4 is 0 Å². The number of hydrogen-bond donors (Lipinski definition) is 1. The van der Waals surface area contributed by atoms with Gasteiger partial charge in [-0.05, 0) is 19.8 Å². The number of carbonyl (C=O) groups is 2. The molecule has 0 aromatic heterocycles.